The number of carbonyl (C=O) groups is 2. The third kappa shape index (κ3) is 6.38. The molecule has 0 aromatic heterocycles. The van der Waals surface area contributed by atoms with E-state index in [0.717, 1.165) is 0 Å². The molecule has 0 atom stereocenters. The Morgan fingerprint density at radius 2 is 1.70 bits per heavy atom. The second kappa shape index (κ2) is 9.68. The number of carbonyl (C=O) groups excluding carboxylic acids is 2. The van der Waals surface area contributed by atoms with Crippen LogP contribution in [-0.4, -0.2) is 29.6 Å². The summed E-state index contributed by atoms with van der Waals surface area (Å²) < 4.78 is 5.39. The molecule has 0 saturated carbocycles. The third-order valence-electron chi connectivity index (χ3n) is 3.44. The molecule has 0 bridgehead atoms. The van der Waals surface area contributed by atoms with Crippen molar-refractivity contribution in [2.45, 2.75) is 26.8 Å². The molecule has 7 heteroatoms. The first-order valence-corrected chi connectivity index (χ1v) is 9.06. The van der Waals surface area contributed by atoms with Gasteiger partial charge in [-0.1, -0.05) is 12.1 Å². The number of amides is 2. The average molecular weight is 385 g/mol. The average Bonchev–Trinajstić information content (AvgIpc) is 2.61. The Bertz CT molecular complexity index is 837. The predicted octanol–water partition coefficient (Wildman–Crippen LogP) is 3.35. The fourth-order valence-corrected chi connectivity index (χ4v) is 2.53. The van der Waals surface area contributed by atoms with E-state index in [2.05, 4.69) is 16.0 Å². The number of nitrogens with one attached hydrogen (secondary N) is 3. The van der Waals surface area contributed by atoms with Crippen LogP contribution in [0.5, 0.6) is 5.75 Å². The van der Waals surface area contributed by atoms with Crippen molar-refractivity contribution in [2.24, 2.45) is 0 Å². The molecule has 0 spiro atoms. The summed E-state index contributed by atoms with van der Waals surface area (Å²) in [4.78, 5) is 24.4. The van der Waals surface area contributed by atoms with Crippen molar-refractivity contribution in [2.75, 3.05) is 11.9 Å². The lowest BCUT2D eigenvalue weighted by atomic mass is 10.2. The van der Waals surface area contributed by atoms with E-state index in [4.69, 9.17) is 17.0 Å². The van der Waals surface area contributed by atoms with Crippen molar-refractivity contribution in [1.29, 1.82) is 0 Å². The summed E-state index contributed by atoms with van der Waals surface area (Å²) in [6, 6.07) is 13.8. The highest BCUT2D eigenvalue weighted by Crippen LogP contribution is 2.14. The number of ether oxygens (including phenoxy) is 1. The fourth-order valence-electron chi connectivity index (χ4n) is 2.32. The summed E-state index contributed by atoms with van der Waals surface area (Å²) >= 11 is 5.20. The van der Waals surface area contributed by atoms with Crippen LogP contribution in [0.1, 0.15) is 41.5 Å². The van der Waals surface area contributed by atoms with E-state index >= 15 is 0 Å². The Morgan fingerprint density at radius 3 is 2.37 bits per heavy atom. The smallest absolute Gasteiger partial charge is 0.257 e. The largest absolute Gasteiger partial charge is 0.494 e. The van der Waals surface area contributed by atoms with Crippen LogP contribution >= 0.6 is 12.2 Å². The lowest BCUT2D eigenvalue weighted by Crippen LogP contribution is -2.34. The molecule has 2 amide bonds. The SMILES string of the molecule is CCOc1cccc(C(=O)NC(=S)Nc2cccc(C(=O)NC(C)C)c2)c1. The van der Waals surface area contributed by atoms with Crippen molar-refractivity contribution in [3.8, 4) is 5.75 Å². The summed E-state index contributed by atoms with van der Waals surface area (Å²) in [5.41, 5.74) is 1.56. The van der Waals surface area contributed by atoms with E-state index in [1.54, 1.807) is 48.5 Å². The minimum Gasteiger partial charge on any atom is -0.494 e. The molecule has 0 unspecified atom stereocenters. The van der Waals surface area contributed by atoms with Crippen molar-refractivity contribution < 1.29 is 14.3 Å². The van der Waals surface area contributed by atoms with Gasteiger partial charge in [-0.15, -0.1) is 0 Å². The summed E-state index contributed by atoms with van der Waals surface area (Å²) in [5, 5.41) is 8.51. The monoisotopic (exact) mass is 385 g/mol. The highest BCUT2D eigenvalue weighted by atomic mass is 32.1. The first kappa shape index (κ1) is 20.4. The Labute approximate surface area is 164 Å². The topological polar surface area (TPSA) is 79.5 Å². The Kier molecular flexibility index (Phi) is 7.31. The first-order valence-electron chi connectivity index (χ1n) is 8.65. The van der Waals surface area contributed by atoms with Crippen molar-refractivity contribution in [3.63, 3.8) is 0 Å². The van der Waals surface area contributed by atoms with Gasteiger partial charge < -0.3 is 15.4 Å². The second-order valence-corrected chi connectivity index (χ2v) is 6.49. The van der Waals surface area contributed by atoms with Gasteiger partial charge in [-0.3, -0.25) is 14.9 Å². The van der Waals surface area contributed by atoms with Gasteiger partial charge in [0.1, 0.15) is 5.75 Å². The third-order valence-corrected chi connectivity index (χ3v) is 3.64. The van der Waals surface area contributed by atoms with Crippen LogP contribution in [0.25, 0.3) is 0 Å². The molecule has 3 N–H and O–H groups in total. The van der Waals surface area contributed by atoms with Gasteiger partial charge in [0.2, 0.25) is 0 Å². The summed E-state index contributed by atoms with van der Waals surface area (Å²) in [6.07, 6.45) is 0. The van der Waals surface area contributed by atoms with Gasteiger partial charge in [-0.05, 0) is 69.4 Å². The number of thiocarbonyl (C=S) groups is 1. The molecule has 142 valence electrons. The van der Waals surface area contributed by atoms with E-state index in [1.807, 2.05) is 20.8 Å². The molecule has 0 radical (unpaired) electrons. The predicted molar refractivity (Wildman–Crippen MR) is 110 cm³/mol. The fraction of sp³-hybridized carbons (Fsp3) is 0.250. The highest BCUT2D eigenvalue weighted by molar-refractivity contribution is 7.80. The maximum absolute atomic E-state index is 12.3. The van der Waals surface area contributed by atoms with Gasteiger partial charge in [-0.2, -0.15) is 0 Å². The lowest BCUT2D eigenvalue weighted by molar-refractivity contribution is 0.0941. The van der Waals surface area contributed by atoms with Crippen molar-refractivity contribution >= 4 is 34.8 Å². The minimum atomic E-state index is -0.345. The Balaban J connectivity index is 2.00. The maximum atomic E-state index is 12.3. The van der Waals surface area contributed by atoms with Crippen molar-refractivity contribution in [3.05, 3.63) is 59.7 Å². The number of rotatable bonds is 6. The molecule has 6 nitrogen and oxygen atoms in total. The molecular weight excluding hydrogens is 362 g/mol. The second-order valence-electron chi connectivity index (χ2n) is 6.08. The van der Waals surface area contributed by atoms with Crippen molar-refractivity contribution in [1.82, 2.24) is 10.6 Å². The van der Waals surface area contributed by atoms with E-state index in [9.17, 15) is 9.59 Å². The molecule has 2 aromatic carbocycles. The van der Waals surface area contributed by atoms with Gasteiger partial charge in [0.05, 0.1) is 6.61 Å². The van der Waals surface area contributed by atoms with Crippen LogP contribution in [0, 0.1) is 0 Å². The summed E-state index contributed by atoms with van der Waals surface area (Å²) in [7, 11) is 0. The Morgan fingerprint density at radius 1 is 1.04 bits per heavy atom. The van der Waals surface area contributed by atoms with E-state index < -0.39 is 0 Å². The van der Waals surface area contributed by atoms with Crippen LogP contribution in [-0.2, 0) is 0 Å². The summed E-state index contributed by atoms with van der Waals surface area (Å²) in [5.74, 6) is 0.104. The maximum Gasteiger partial charge on any atom is 0.257 e. The molecule has 0 aliphatic rings. The zero-order chi connectivity index (χ0) is 19.8. The summed E-state index contributed by atoms with van der Waals surface area (Å²) in [6.45, 7) is 6.18. The van der Waals surface area contributed by atoms with Gasteiger partial charge in [0.15, 0.2) is 5.11 Å². The van der Waals surface area contributed by atoms with Crippen LogP contribution in [0.4, 0.5) is 5.69 Å². The number of benzene rings is 2. The van der Waals surface area contributed by atoms with Gasteiger partial charge in [0.25, 0.3) is 11.8 Å². The van der Waals surface area contributed by atoms with Crippen LogP contribution in [0.3, 0.4) is 0 Å². The molecule has 0 heterocycles. The number of hydrogen-bond acceptors (Lipinski definition) is 4. The van der Waals surface area contributed by atoms with Gasteiger partial charge in [-0.25, -0.2) is 0 Å². The van der Waals surface area contributed by atoms with Crippen LogP contribution in [0.15, 0.2) is 48.5 Å². The van der Waals surface area contributed by atoms with E-state index in [1.165, 1.54) is 0 Å². The molecule has 2 rings (SSSR count). The normalized spacial score (nSPS) is 10.2. The standard InChI is InChI=1S/C20H23N3O3S/c1-4-26-17-10-6-8-15(12-17)19(25)23-20(27)22-16-9-5-7-14(11-16)18(24)21-13(2)3/h5-13H,4H2,1-3H3,(H,21,24)(H2,22,23,25,27). The zero-order valence-corrected chi connectivity index (χ0v) is 16.4. The molecule has 0 aliphatic carbocycles. The highest BCUT2D eigenvalue weighted by Gasteiger charge is 2.11. The number of hydrogen-bond donors (Lipinski definition) is 3. The molecule has 0 aliphatic heterocycles. The molecule has 0 saturated heterocycles. The molecule has 0 fully saturated rings. The quantitative estimate of drug-likeness (QED) is 0.665. The first-order chi connectivity index (χ1) is 12.9. The molecule has 2 aromatic rings. The van der Waals surface area contributed by atoms with E-state index in [-0.39, 0.29) is 23.0 Å². The molecule has 27 heavy (non-hydrogen) atoms. The van der Waals surface area contributed by atoms with Gasteiger partial charge in [0, 0.05) is 22.9 Å². The minimum absolute atomic E-state index is 0.0435. The van der Waals surface area contributed by atoms with Crippen LogP contribution < -0.4 is 20.7 Å². The van der Waals surface area contributed by atoms with Crippen LogP contribution in [0.2, 0.25) is 0 Å². The van der Waals surface area contributed by atoms with E-state index in [0.29, 0.717) is 29.2 Å². The lowest BCUT2D eigenvalue weighted by Gasteiger charge is -2.12. The zero-order valence-electron chi connectivity index (χ0n) is 15.5. The molecular formula is C20H23N3O3S. The number of anilines is 1. The Hall–Kier alpha value is -2.93. The van der Waals surface area contributed by atoms with Gasteiger partial charge >= 0.3 is 0 Å².